The van der Waals surface area contributed by atoms with Crippen LogP contribution >= 0.6 is 0 Å². The van der Waals surface area contributed by atoms with Crippen LogP contribution in [0.2, 0.25) is 0 Å². The molecule has 1 fully saturated rings. The molecule has 1 aromatic rings. The van der Waals surface area contributed by atoms with Gasteiger partial charge in [0.05, 0.1) is 6.54 Å². The summed E-state index contributed by atoms with van der Waals surface area (Å²) in [6, 6.07) is 6.59. The lowest BCUT2D eigenvalue weighted by molar-refractivity contribution is -0.131. The Balaban J connectivity index is 1.76. The Bertz CT molecular complexity index is 555. The number of nitrogens with one attached hydrogen (secondary N) is 1. The van der Waals surface area contributed by atoms with Crippen molar-refractivity contribution >= 4 is 11.9 Å². The van der Waals surface area contributed by atoms with E-state index in [-0.39, 0.29) is 24.3 Å². The van der Waals surface area contributed by atoms with E-state index in [9.17, 15) is 14.0 Å². The number of hydrogen-bond acceptors (Lipinski definition) is 2. The molecule has 0 saturated carbocycles. The Morgan fingerprint density at radius 2 is 1.91 bits per heavy atom. The molecule has 1 aromatic carbocycles. The fraction of sp³-hybridized carbons (Fsp3) is 0.529. The van der Waals surface area contributed by atoms with Crippen molar-refractivity contribution in [1.29, 1.82) is 0 Å². The van der Waals surface area contributed by atoms with E-state index >= 15 is 0 Å². The maximum absolute atomic E-state index is 13.7. The minimum Gasteiger partial charge on any atom is -0.341 e. The highest BCUT2D eigenvalue weighted by molar-refractivity contribution is 5.83. The second-order valence-electron chi connectivity index (χ2n) is 6.17. The summed E-state index contributed by atoms with van der Waals surface area (Å²) in [7, 11) is 3.27. The van der Waals surface area contributed by atoms with E-state index in [4.69, 9.17) is 0 Å². The van der Waals surface area contributed by atoms with Crippen LogP contribution in [0.25, 0.3) is 0 Å². The number of halogens is 1. The van der Waals surface area contributed by atoms with E-state index in [0.29, 0.717) is 25.4 Å². The third-order valence-electron chi connectivity index (χ3n) is 4.23. The lowest BCUT2D eigenvalue weighted by Crippen LogP contribution is -2.46. The molecule has 6 heteroatoms. The molecule has 1 aliphatic rings. The number of urea groups is 1. The van der Waals surface area contributed by atoms with Gasteiger partial charge in [-0.25, -0.2) is 9.18 Å². The summed E-state index contributed by atoms with van der Waals surface area (Å²) in [6.45, 7) is 1.35. The number of nitrogens with zero attached hydrogens (tertiary/aromatic N) is 2. The summed E-state index contributed by atoms with van der Waals surface area (Å²) >= 11 is 0. The van der Waals surface area contributed by atoms with Crippen LogP contribution in [-0.4, -0.2) is 55.5 Å². The average molecular weight is 321 g/mol. The summed E-state index contributed by atoms with van der Waals surface area (Å²) in [5, 5.41) is 2.58. The first-order valence-corrected chi connectivity index (χ1v) is 7.93. The van der Waals surface area contributed by atoms with Gasteiger partial charge in [0.2, 0.25) is 5.91 Å². The molecular formula is C17H24FN3O2. The van der Waals surface area contributed by atoms with E-state index in [2.05, 4.69) is 5.32 Å². The molecule has 0 aliphatic carbocycles. The number of likely N-dealkylation sites (tertiary alicyclic amines) is 1. The second-order valence-corrected chi connectivity index (χ2v) is 6.17. The molecule has 3 amide bonds. The smallest absolute Gasteiger partial charge is 0.317 e. The lowest BCUT2D eigenvalue weighted by Gasteiger charge is -2.32. The molecule has 126 valence electrons. The molecule has 1 N–H and O–H groups in total. The van der Waals surface area contributed by atoms with Gasteiger partial charge in [-0.3, -0.25) is 4.79 Å². The maximum atomic E-state index is 13.7. The number of rotatable bonds is 4. The quantitative estimate of drug-likeness (QED) is 0.920. The summed E-state index contributed by atoms with van der Waals surface area (Å²) < 4.78 is 13.7. The number of hydrogen-bond donors (Lipinski definition) is 1. The Kier molecular flexibility index (Phi) is 5.96. The average Bonchev–Trinajstić information content (AvgIpc) is 2.55. The van der Waals surface area contributed by atoms with Gasteiger partial charge in [-0.15, -0.1) is 0 Å². The predicted octanol–water partition coefficient (Wildman–Crippen LogP) is 1.88. The molecule has 5 nitrogen and oxygen atoms in total. The van der Waals surface area contributed by atoms with E-state index in [0.717, 1.165) is 18.4 Å². The van der Waals surface area contributed by atoms with Crippen molar-refractivity contribution in [2.75, 3.05) is 33.7 Å². The highest BCUT2D eigenvalue weighted by Crippen LogP contribution is 2.22. The third-order valence-corrected chi connectivity index (χ3v) is 4.23. The zero-order valence-electron chi connectivity index (χ0n) is 13.7. The van der Waals surface area contributed by atoms with Gasteiger partial charge in [0.1, 0.15) is 5.82 Å². The number of amides is 3. The number of piperidine rings is 1. The van der Waals surface area contributed by atoms with Gasteiger partial charge in [0.15, 0.2) is 0 Å². The molecule has 1 heterocycles. The van der Waals surface area contributed by atoms with Gasteiger partial charge in [-0.1, -0.05) is 18.2 Å². The maximum Gasteiger partial charge on any atom is 0.317 e. The Labute approximate surface area is 136 Å². The first kappa shape index (κ1) is 17.2. The van der Waals surface area contributed by atoms with Crippen molar-refractivity contribution in [3.63, 3.8) is 0 Å². The molecule has 2 rings (SSSR count). The van der Waals surface area contributed by atoms with Gasteiger partial charge in [-0.2, -0.15) is 0 Å². The van der Waals surface area contributed by atoms with Crippen LogP contribution in [0, 0.1) is 11.7 Å². The molecule has 0 spiro atoms. The summed E-state index contributed by atoms with van der Waals surface area (Å²) in [4.78, 5) is 26.7. The van der Waals surface area contributed by atoms with E-state index in [1.165, 1.54) is 11.0 Å². The van der Waals surface area contributed by atoms with Gasteiger partial charge in [0, 0.05) is 27.2 Å². The first-order valence-electron chi connectivity index (χ1n) is 7.93. The molecule has 1 aliphatic heterocycles. The Hall–Kier alpha value is -2.11. The van der Waals surface area contributed by atoms with Crippen molar-refractivity contribution < 1.29 is 14.0 Å². The minimum atomic E-state index is -0.271. The van der Waals surface area contributed by atoms with Crippen LogP contribution in [0.3, 0.4) is 0 Å². The van der Waals surface area contributed by atoms with E-state index in [1.807, 2.05) is 12.1 Å². The first-order chi connectivity index (χ1) is 11.0. The van der Waals surface area contributed by atoms with E-state index in [1.54, 1.807) is 25.1 Å². The van der Waals surface area contributed by atoms with Crippen LogP contribution in [0.4, 0.5) is 9.18 Å². The molecule has 0 unspecified atom stereocenters. The largest absolute Gasteiger partial charge is 0.341 e. The van der Waals surface area contributed by atoms with Crippen molar-refractivity contribution in [3.8, 4) is 0 Å². The highest BCUT2D eigenvalue weighted by Gasteiger charge is 2.23. The zero-order chi connectivity index (χ0) is 16.8. The van der Waals surface area contributed by atoms with Gasteiger partial charge in [0.25, 0.3) is 0 Å². The Morgan fingerprint density at radius 1 is 1.26 bits per heavy atom. The minimum absolute atomic E-state index is 0.0228. The van der Waals surface area contributed by atoms with Gasteiger partial charge >= 0.3 is 6.03 Å². The Morgan fingerprint density at radius 3 is 2.52 bits per heavy atom. The monoisotopic (exact) mass is 321 g/mol. The molecule has 23 heavy (non-hydrogen) atoms. The molecule has 0 atom stereocenters. The number of carbonyl (C=O) groups excluding carboxylic acids is 2. The standard InChI is InChI=1S/C17H24FN3O2/c1-20(2)17(23)19-12-16(22)21-9-7-13(8-10-21)11-14-5-3-4-6-15(14)18/h3-6,13H,7-12H2,1-2H3,(H,19,23). The fourth-order valence-electron chi connectivity index (χ4n) is 2.78. The second kappa shape index (κ2) is 7.94. The van der Waals surface area contributed by atoms with Crippen LogP contribution in [0.15, 0.2) is 24.3 Å². The molecule has 1 saturated heterocycles. The normalized spacial score (nSPS) is 15.3. The van der Waals surface area contributed by atoms with Crippen LogP contribution in [-0.2, 0) is 11.2 Å². The zero-order valence-corrected chi connectivity index (χ0v) is 13.7. The highest BCUT2D eigenvalue weighted by atomic mass is 19.1. The van der Waals surface area contributed by atoms with Crippen molar-refractivity contribution in [3.05, 3.63) is 35.6 Å². The molecular weight excluding hydrogens is 297 g/mol. The van der Waals surface area contributed by atoms with Crippen LogP contribution in [0.1, 0.15) is 18.4 Å². The number of carbonyl (C=O) groups is 2. The molecule has 0 radical (unpaired) electrons. The fourth-order valence-corrected chi connectivity index (χ4v) is 2.78. The molecule has 0 aromatic heterocycles. The topological polar surface area (TPSA) is 52.7 Å². The summed E-state index contributed by atoms with van der Waals surface area (Å²) in [5.74, 6) is 0.175. The predicted molar refractivity (Wildman–Crippen MR) is 86.5 cm³/mol. The number of benzene rings is 1. The van der Waals surface area contributed by atoms with Gasteiger partial charge in [-0.05, 0) is 36.8 Å². The van der Waals surface area contributed by atoms with Crippen LogP contribution in [0.5, 0.6) is 0 Å². The summed E-state index contributed by atoms with van der Waals surface area (Å²) in [5.41, 5.74) is 0.746. The third kappa shape index (κ3) is 4.94. The van der Waals surface area contributed by atoms with E-state index < -0.39 is 0 Å². The lowest BCUT2D eigenvalue weighted by atomic mass is 9.90. The summed E-state index contributed by atoms with van der Waals surface area (Å²) in [6.07, 6.45) is 2.44. The van der Waals surface area contributed by atoms with Crippen LogP contribution < -0.4 is 5.32 Å². The van der Waals surface area contributed by atoms with Crippen molar-refractivity contribution in [2.24, 2.45) is 5.92 Å². The SMILES string of the molecule is CN(C)C(=O)NCC(=O)N1CCC(Cc2ccccc2F)CC1. The van der Waals surface area contributed by atoms with Crippen molar-refractivity contribution in [1.82, 2.24) is 15.1 Å². The van der Waals surface area contributed by atoms with Crippen molar-refractivity contribution in [2.45, 2.75) is 19.3 Å². The van der Waals surface area contributed by atoms with Gasteiger partial charge < -0.3 is 15.1 Å². The molecule has 0 bridgehead atoms.